The molecular formula is C7H14Cl3NO4. The van der Waals surface area contributed by atoms with Gasteiger partial charge < -0.3 is 24.6 Å². The van der Waals surface area contributed by atoms with Gasteiger partial charge in [-0.1, -0.05) is 34.8 Å². The third kappa shape index (κ3) is 16.9. The van der Waals surface area contributed by atoms with Gasteiger partial charge in [0.15, 0.2) is 6.29 Å². The molecule has 0 saturated carbocycles. The summed E-state index contributed by atoms with van der Waals surface area (Å²) in [5, 5.41) is 26.0. The van der Waals surface area contributed by atoms with Gasteiger partial charge in [0.2, 0.25) is 3.79 Å². The number of hydrogen-bond acceptors (Lipinski definition) is 4. The van der Waals surface area contributed by atoms with E-state index in [-0.39, 0.29) is 6.54 Å². The first-order valence-corrected chi connectivity index (χ1v) is 4.93. The van der Waals surface area contributed by atoms with Crippen molar-refractivity contribution in [3.63, 3.8) is 0 Å². The largest absolute Gasteiger partial charge is 0.544 e. The highest BCUT2D eigenvalue weighted by molar-refractivity contribution is 6.67. The van der Waals surface area contributed by atoms with Gasteiger partial charge >= 0.3 is 0 Å². The third-order valence-corrected chi connectivity index (χ3v) is 1.48. The number of aliphatic carboxylic acids is 1. The maximum absolute atomic E-state index is 9.89. The van der Waals surface area contributed by atoms with E-state index in [0.717, 1.165) is 0 Å². The molecule has 0 spiro atoms. The summed E-state index contributed by atoms with van der Waals surface area (Å²) < 4.78 is -1.55. The number of likely N-dealkylation sites (N-methyl/N-ethyl adjacent to an activating group) is 1. The Labute approximate surface area is 103 Å². The summed E-state index contributed by atoms with van der Waals surface area (Å²) in [6, 6.07) is 0. The molecule has 0 radical (unpaired) electrons. The number of carbonyl (C=O) groups is 1. The van der Waals surface area contributed by atoms with E-state index in [1.165, 1.54) is 0 Å². The number of hydrogen-bond donors (Lipinski definition) is 2. The van der Waals surface area contributed by atoms with Crippen LogP contribution in [-0.2, 0) is 4.79 Å². The van der Waals surface area contributed by atoms with E-state index >= 15 is 0 Å². The van der Waals surface area contributed by atoms with Gasteiger partial charge in [-0.15, -0.1) is 0 Å². The van der Waals surface area contributed by atoms with Crippen molar-refractivity contribution in [2.24, 2.45) is 0 Å². The van der Waals surface area contributed by atoms with E-state index in [9.17, 15) is 9.90 Å². The van der Waals surface area contributed by atoms with Gasteiger partial charge in [-0.05, 0) is 0 Å². The Balaban J connectivity index is 0. The molecular weight excluding hydrogens is 268 g/mol. The van der Waals surface area contributed by atoms with E-state index in [1.807, 2.05) is 0 Å². The first-order valence-electron chi connectivity index (χ1n) is 3.79. The van der Waals surface area contributed by atoms with Crippen LogP contribution in [0.4, 0.5) is 0 Å². The van der Waals surface area contributed by atoms with Crippen molar-refractivity contribution < 1.29 is 24.6 Å². The smallest absolute Gasteiger partial charge is 0.240 e. The molecule has 0 amide bonds. The van der Waals surface area contributed by atoms with Crippen LogP contribution in [0.5, 0.6) is 0 Å². The molecule has 0 atom stereocenters. The monoisotopic (exact) mass is 281 g/mol. The number of aliphatic hydroxyl groups excluding tert-OH is 1. The molecule has 15 heavy (non-hydrogen) atoms. The number of rotatable bonds is 2. The van der Waals surface area contributed by atoms with Crippen LogP contribution in [0.1, 0.15) is 0 Å². The lowest BCUT2D eigenvalue weighted by Crippen LogP contribution is -2.45. The molecule has 2 N–H and O–H groups in total. The van der Waals surface area contributed by atoms with Gasteiger partial charge in [0.05, 0.1) is 27.1 Å². The van der Waals surface area contributed by atoms with Crippen molar-refractivity contribution in [3.8, 4) is 0 Å². The summed E-state index contributed by atoms with van der Waals surface area (Å²) in [6.07, 6.45) is -1.91. The topological polar surface area (TPSA) is 80.6 Å². The van der Waals surface area contributed by atoms with E-state index in [4.69, 9.17) is 45.0 Å². The molecule has 0 unspecified atom stereocenters. The fourth-order valence-electron chi connectivity index (χ4n) is 0.387. The minimum Gasteiger partial charge on any atom is -0.544 e. The Morgan fingerprint density at radius 1 is 1.33 bits per heavy atom. The number of aliphatic hydroxyl groups is 2. The zero-order valence-corrected chi connectivity index (χ0v) is 10.8. The normalized spacial score (nSPS) is 12.1. The molecule has 0 bridgehead atoms. The molecule has 0 aromatic rings. The van der Waals surface area contributed by atoms with Crippen molar-refractivity contribution in [3.05, 3.63) is 0 Å². The maximum Gasteiger partial charge on any atom is 0.240 e. The molecule has 0 aliphatic carbocycles. The summed E-state index contributed by atoms with van der Waals surface area (Å²) in [5.74, 6) is -1.00. The highest BCUT2D eigenvalue weighted by atomic mass is 35.6. The molecule has 0 saturated heterocycles. The fraction of sp³-hybridized carbons (Fsp3) is 0.857. The van der Waals surface area contributed by atoms with Gasteiger partial charge in [0.25, 0.3) is 0 Å². The SMILES string of the molecule is C[N+](C)(C)CC(=O)[O-].OC(O)C(Cl)(Cl)Cl. The van der Waals surface area contributed by atoms with Crippen LogP contribution in [0.3, 0.4) is 0 Å². The number of carboxylic acids is 1. The number of alkyl halides is 3. The second-order valence-corrected chi connectivity index (χ2v) is 6.10. The number of carboxylic acid groups (broad SMARTS) is 1. The zero-order valence-electron chi connectivity index (χ0n) is 8.58. The van der Waals surface area contributed by atoms with E-state index in [1.54, 1.807) is 21.1 Å². The van der Waals surface area contributed by atoms with Crippen molar-refractivity contribution in [1.29, 1.82) is 0 Å². The lowest BCUT2D eigenvalue weighted by molar-refractivity contribution is -0.864. The molecule has 0 rings (SSSR count). The highest BCUT2D eigenvalue weighted by Gasteiger charge is 2.28. The average Bonchev–Trinajstić information content (AvgIpc) is 1.78. The number of quaternary nitrogens is 1. The van der Waals surface area contributed by atoms with Crippen molar-refractivity contribution in [1.82, 2.24) is 0 Å². The zero-order chi connectivity index (χ0) is 12.9. The first kappa shape index (κ1) is 17.6. The Bertz CT molecular complexity index is 197. The van der Waals surface area contributed by atoms with E-state index in [2.05, 4.69) is 0 Å². The Morgan fingerprint density at radius 3 is 1.60 bits per heavy atom. The van der Waals surface area contributed by atoms with Gasteiger partial charge in [0, 0.05) is 0 Å². The first-order chi connectivity index (χ1) is 6.36. The van der Waals surface area contributed by atoms with Crippen LogP contribution < -0.4 is 5.11 Å². The standard InChI is InChI=1S/C5H11NO2.C2H3Cl3O2/c1-6(2,3)4-5(7)8;3-2(4,5)1(6)7/h4H2,1-3H3;1,6-7H. The minimum absolute atomic E-state index is 0.0694. The van der Waals surface area contributed by atoms with Crippen LogP contribution in [0.2, 0.25) is 0 Å². The summed E-state index contributed by atoms with van der Waals surface area (Å²) in [7, 11) is 5.40. The summed E-state index contributed by atoms with van der Waals surface area (Å²) in [4.78, 5) is 9.89. The lowest BCUT2D eigenvalue weighted by Gasteiger charge is -2.23. The van der Waals surface area contributed by atoms with Crippen LogP contribution >= 0.6 is 34.8 Å². The van der Waals surface area contributed by atoms with Crippen molar-refractivity contribution in [2.75, 3.05) is 27.7 Å². The highest BCUT2D eigenvalue weighted by Crippen LogP contribution is 2.28. The van der Waals surface area contributed by atoms with Gasteiger partial charge in [0.1, 0.15) is 6.54 Å². The van der Waals surface area contributed by atoms with Gasteiger partial charge in [-0.3, -0.25) is 0 Å². The predicted octanol–water partition coefficient (Wildman–Crippen LogP) is -0.890. The Hall–Kier alpha value is 0.220. The molecule has 0 aromatic carbocycles. The van der Waals surface area contributed by atoms with Gasteiger partial charge in [-0.2, -0.15) is 0 Å². The van der Waals surface area contributed by atoms with E-state index < -0.39 is 16.1 Å². The fourth-order valence-corrected chi connectivity index (χ4v) is 0.387. The molecule has 0 aliphatic heterocycles. The Kier molecular flexibility index (Phi) is 7.90. The quantitative estimate of drug-likeness (QED) is 0.391. The van der Waals surface area contributed by atoms with Crippen LogP contribution in [0, 0.1) is 0 Å². The van der Waals surface area contributed by atoms with Crippen molar-refractivity contribution >= 4 is 40.8 Å². The number of carbonyl (C=O) groups excluding carboxylic acids is 1. The second-order valence-electron chi connectivity index (χ2n) is 3.74. The molecule has 0 aromatic heterocycles. The summed E-state index contributed by atoms with van der Waals surface area (Å²) >= 11 is 14.7. The van der Waals surface area contributed by atoms with Crippen molar-refractivity contribution in [2.45, 2.75) is 10.1 Å². The third-order valence-electron chi connectivity index (χ3n) is 0.896. The van der Waals surface area contributed by atoms with Crippen LogP contribution in [0.15, 0.2) is 0 Å². The number of halogens is 3. The molecule has 0 aliphatic rings. The number of nitrogens with zero attached hydrogens (tertiary/aromatic N) is 1. The van der Waals surface area contributed by atoms with E-state index in [0.29, 0.717) is 4.48 Å². The maximum atomic E-state index is 9.89. The summed E-state index contributed by atoms with van der Waals surface area (Å²) in [5.41, 5.74) is 0. The molecule has 0 fully saturated rings. The van der Waals surface area contributed by atoms with Crippen LogP contribution in [0.25, 0.3) is 0 Å². The molecule has 5 nitrogen and oxygen atoms in total. The molecule has 0 heterocycles. The van der Waals surface area contributed by atoms with Gasteiger partial charge in [-0.25, -0.2) is 0 Å². The van der Waals surface area contributed by atoms with Crippen LogP contribution in [-0.4, -0.2) is 58.4 Å². The predicted molar refractivity (Wildman–Crippen MR) is 56.4 cm³/mol. The molecule has 92 valence electrons. The molecule has 8 heteroatoms. The Morgan fingerprint density at radius 2 is 1.60 bits per heavy atom. The second kappa shape index (κ2) is 6.73. The average molecular weight is 283 g/mol. The summed E-state index contributed by atoms with van der Waals surface area (Å²) in [6.45, 7) is 0.0694. The minimum atomic E-state index is -1.97. The lowest BCUT2D eigenvalue weighted by atomic mass is 10.5.